The highest BCUT2D eigenvalue weighted by molar-refractivity contribution is 5.84. The third-order valence-corrected chi connectivity index (χ3v) is 4.94. The SMILES string of the molecule is O=C(O)[C@H](Cc1c[nH]c2ccccc12)NCc1cnc(N2CCOCC2)nc1. The van der Waals surface area contributed by atoms with Gasteiger partial charge in [-0.1, -0.05) is 18.2 Å². The zero-order chi connectivity index (χ0) is 19.3. The Morgan fingerprint density at radius 1 is 1.25 bits per heavy atom. The Bertz CT molecular complexity index is 934. The zero-order valence-electron chi connectivity index (χ0n) is 15.5. The van der Waals surface area contributed by atoms with Crippen LogP contribution in [0.25, 0.3) is 10.9 Å². The molecule has 1 fully saturated rings. The van der Waals surface area contributed by atoms with Crippen LogP contribution in [0.5, 0.6) is 0 Å². The molecule has 1 aliphatic heterocycles. The lowest BCUT2D eigenvalue weighted by Gasteiger charge is -2.26. The van der Waals surface area contributed by atoms with Crippen LogP contribution in [-0.2, 0) is 22.5 Å². The summed E-state index contributed by atoms with van der Waals surface area (Å²) in [5, 5.41) is 13.8. The summed E-state index contributed by atoms with van der Waals surface area (Å²) in [7, 11) is 0. The molecule has 0 bridgehead atoms. The number of aromatic nitrogens is 3. The first-order valence-corrected chi connectivity index (χ1v) is 9.35. The average Bonchev–Trinajstić information content (AvgIpc) is 3.15. The highest BCUT2D eigenvalue weighted by Gasteiger charge is 2.19. The second kappa shape index (κ2) is 8.37. The summed E-state index contributed by atoms with van der Waals surface area (Å²) in [5.41, 5.74) is 2.84. The Morgan fingerprint density at radius 2 is 2.00 bits per heavy atom. The number of anilines is 1. The third-order valence-electron chi connectivity index (χ3n) is 4.94. The first-order valence-electron chi connectivity index (χ1n) is 9.35. The van der Waals surface area contributed by atoms with Crippen molar-refractivity contribution in [2.24, 2.45) is 0 Å². The molecule has 4 rings (SSSR count). The minimum atomic E-state index is -0.879. The molecule has 3 aromatic rings. The van der Waals surface area contributed by atoms with Crippen LogP contribution >= 0.6 is 0 Å². The number of carbonyl (C=O) groups is 1. The molecule has 0 aliphatic carbocycles. The lowest BCUT2D eigenvalue weighted by molar-refractivity contribution is -0.139. The molecule has 146 valence electrons. The fourth-order valence-corrected chi connectivity index (χ4v) is 3.37. The molecule has 3 N–H and O–H groups in total. The molecule has 0 saturated carbocycles. The monoisotopic (exact) mass is 381 g/mol. The number of carboxylic acid groups (broad SMARTS) is 1. The lowest BCUT2D eigenvalue weighted by atomic mass is 10.0. The van der Waals surface area contributed by atoms with Crippen LogP contribution in [0.2, 0.25) is 0 Å². The molecule has 28 heavy (non-hydrogen) atoms. The fourth-order valence-electron chi connectivity index (χ4n) is 3.37. The highest BCUT2D eigenvalue weighted by Crippen LogP contribution is 2.19. The second-order valence-electron chi connectivity index (χ2n) is 6.83. The summed E-state index contributed by atoms with van der Waals surface area (Å²) in [6.07, 6.45) is 5.76. The van der Waals surface area contributed by atoms with Gasteiger partial charge in [0.2, 0.25) is 5.95 Å². The summed E-state index contributed by atoms with van der Waals surface area (Å²) in [5.74, 6) is -0.197. The molecule has 0 spiro atoms. The molecule has 0 unspecified atom stereocenters. The molecular weight excluding hydrogens is 358 g/mol. The molecule has 0 amide bonds. The number of fused-ring (bicyclic) bond motifs is 1. The molecule has 3 heterocycles. The molecule has 8 heteroatoms. The van der Waals surface area contributed by atoms with E-state index in [1.807, 2.05) is 30.5 Å². The van der Waals surface area contributed by atoms with Crippen LogP contribution in [0.1, 0.15) is 11.1 Å². The summed E-state index contributed by atoms with van der Waals surface area (Å²) in [4.78, 5) is 25.8. The number of morpholine rings is 1. The number of nitrogens with one attached hydrogen (secondary N) is 2. The molecule has 1 aliphatic rings. The Morgan fingerprint density at radius 3 is 2.75 bits per heavy atom. The molecule has 8 nitrogen and oxygen atoms in total. The van der Waals surface area contributed by atoms with Gasteiger partial charge in [-0.15, -0.1) is 0 Å². The number of carboxylic acids is 1. The van der Waals surface area contributed by atoms with Crippen LogP contribution in [0.15, 0.2) is 42.9 Å². The van der Waals surface area contributed by atoms with Gasteiger partial charge in [-0.25, -0.2) is 9.97 Å². The topological polar surface area (TPSA) is 103 Å². The van der Waals surface area contributed by atoms with Crippen molar-refractivity contribution in [1.29, 1.82) is 0 Å². The van der Waals surface area contributed by atoms with E-state index in [0.29, 0.717) is 32.1 Å². The van der Waals surface area contributed by atoms with Crippen LogP contribution in [0.3, 0.4) is 0 Å². The van der Waals surface area contributed by atoms with E-state index in [2.05, 4.69) is 25.2 Å². The zero-order valence-corrected chi connectivity index (χ0v) is 15.5. The summed E-state index contributed by atoms with van der Waals surface area (Å²) in [6, 6.07) is 7.19. The van der Waals surface area contributed by atoms with Crippen molar-refractivity contribution in [3.8, 4) is 0 Å². The normalized spacial score (nSPS) is 15.6. The van der Waals surface area contributed by atoms with Gasteiger partial charge in [0.15, 0.2) is 0 Å². The first kappa shape index (κ1) is 18.4. The number of hydrogen-bond acceptors (Lipinski definition) is 6. The molecule has 2 aromatic heterocycles. The Balaban J connectivity index is 1.39. The van der Waals surface area contributed by atoms with Gasteiger partial charge in [0.25, 0.3) is 0 Å². The molecular formula is C20H23N5O3. The quantitative estimate of drug-likeness (QED) is 0.571. The van der Waals surface area contributed by atoms with Crippen molar-refractivity contribution in [3.63, 3.8) is 0 Å². The van der Waals surface area contributed by atoms with Crippen molar-refractivity contribution in [2.45, 2.75) is 19.0 Å². The van der Waals surface area contributed by atoms with E-state index in [1.54, 1.807) is 12.4 Å². The van der Waals surface area contributed by atoms with E-state index >= 15 is 0 Å². The largest absolute Gasteiger partial charge is 0.480 e. The van der Waals surface area contributed by atoms with E-state index in [1.165, 1.54) is 0 Å². The first-order chi connectivity index (χ1) is 13.7. The van der Waals surface area contributed by atoms with Crippen LogP contribution in [0.4, 0.5) is 5.95 Å². The minimum Gasteiger partial charge on any atom is -0.480 e. The van der Waals surface area contributed by atoms with Gasteiger partial charge in [-0.3, -0.25) is 10.1 Å². The van der Waals surface area contributed by atoms with Gasteiger partial charge in [0.1, 0.15) is 6.04 Å². The lowest BCUT2D eigenvalue weighted by Crippen LogP contribution is -2.38. The summed E-state index contributed by atoms with van der Waals surface area (Å²) < 4.78 is 5.34. The number of aromatic amines is 1. The van der Waals surface area contributed by atoms with Gasteiger partial charge in [-0.05, 0) is 11.6 Å². The number of benzene rings is 1. The standard InChI is InChI=1S/C20H23N5O3/c26-19(27)18(9-15-13-22-17-4-2-1-3-16(15)17)21-10-14-11-23-20(24-12-14)25-5-7-28-8-6-25/h1-4,11-13,18,21-22H,5-10H2,(H,26,27)/t18-/m0/s1. The number of rotatable bonds is 7. The van der Waals surface area contributed by atoms with Crippen LogP contribution in [0, 0.1) is 0 Å². The van der Waals surface area contributed by atoms with Crippen molar-refractivity contribution < 1.29 is 14.6 Å². The highest BCUT2D eigenvalue weighted by atomic mass is 16.5. The number of aliphatic carboxylic acids is 1. The molecule has 1 aromatic carbocycles. The Labute approximate surface area is 162 Å². The van der Waals surface area contributed by atoms with Crippen molar-refractivity contribution in [1.82, 2.24) is 20.3 Å². The van der Waals surface area contributed by atoms with E-state index in [0.717, 1.165) is 35.1 Å². The smallest absolute Gasteiger partial charge is 0.321 e. The van der Waals surface area contributed by atoms with Gasteiger partial charge in [0.05, 0.1) is 13.2 Å². The molecule has 1 saturated heterocycles. The van der Waals surface area contributed by atoms with Gasteiger partial charge < -0.3 is 19.7 Å². The number of hydrogen-bond donors (Lipinski definition) is 3. The van der Waals surface area contributed by atoms with Gasteiger partial charge >= 0.3 is 5.97 Å². The van der Waals surface area contributed by atoms with E-state index < -0.39 is 12.0 Å². The van der Waals surface area contributed by atoms with Crippen molar-refractivity contribution in [3.05, 3.63) is 54.0 Å². The summed E-state index contributed by atoms with van der Waals surface area (Å²) in [6.45, 7) is 3.32. The van der Waals surface area contributed by atoms with E-state index in [-0.39, 0.29) is 0 Å². The minimum absolute atomic E-state index is 0.392. The maximum atomic E-state index is 11.7. The molecule has 0 radical (unpaired) electrons. The Kier molecular flexibility index (Phi) is 5.50. The maximum Gasteiger partial charge on any atom is 0.321 e. The molecule has 1 atom stereocenters. The van der Waals surface area contributed by atoms with Crippen molar-refractivity contribution in [2.75, 3.05) is 31.2 Å². The van der Waals surface area contributed by atoms with Crippen LogP contribution in [-0.4, -0.2) is 58.4 Å². The number of ether oxygens (including phenoxy) is 1. The number of para-hydroxylation sites is 1. The fraction of sp³-hybridized carbons (Fsp3) is 0.350. The maximum absolute atomic E-state index is 11.7. The van der Waals surface area contributed by atoms with Crippen molar-refractivity contribution >= 4 is 22.8 Å². The summed E-state index contributed by atoms with van der Waals surface area (Å²) >= 11 is 0. The predicted octanol–water partition coefficient (Wildman–Crippen LogP) is 1.58. The second-order valence-corrected chi connectivity index (χ2v) is 6.83. The van der Waals surface area contributed by atoms with E-state index in [9.17, 15) is 9.90 Å². The van der Waals surface area contributed by atoms with Gasteiger partial charge in [0, 0.05) is 61.1 Å². The third kappa shape index (κ3) is 4.13. The number of nitrogens with zero attached hydrogens (tertiary/aromatic N) is 3. The average molecular weight is 381 g/mol. The van der Waals surface area contributed by atoms with Crippen LogP contribution < -0.4 is 10.2 Å². The van der Waals surface area contributed by atoms with Gasteiger partial charge in [-0.2, -0.15) is 0 Å². The predicted molar refractivity (Wildman–Crippen MR) is 105 cm³/mol. The van der Waals surface area contributed by atoms with E-state index in [4.69, 9.17) is 4.74 Å². The number of H-pyrrole nitrogens is 1. The Hall–Kier alpha value is -2.97.